The number of nitrogen functional groups attached to an aromatic ring is 1. The third kappa shape index (κ3) is 1.05. The predicted molar refractivity (Wildman–Crippen MR) is 72.4 cm³/mol. The number of hydrogen-bond donors (Lipinski definition) is 1. The highest BCUT2D eigenvalue weighted by molar-refractivity contribution is 5.99. The molecule has 1 heteroatoms. The number of nitrogens with two attached hydrogens (primary N) is 1. The quantitative estimate of drug-likeness (QED) is 0.669. The van der Waals surface area contributed by atoms with E-state index in [4.69, 9.17) is 5.73 Å². The van der Waals surface area contributed by atoms with Gasteiger partial charge in [-0.05, 0) is 60.1 Å². The lowest BCUT2D eigenvalue weighted by Crippen LogP contribution is -2.05. The number of fused-ring (bicyclic) bond motifs is 7. The molecule has 2 aliphatic carbocycles. The van der Waals surface area contributed by atoms with E-state index in [0.29, 0.717) is 0 Å². The van der Waals surface area contributed by atoms with Crippen molar-refractivity contribution in [1.29, 1.82) is 0 Å². The highest BCUT2D eigenvalue weighted by Gasteiger charge is 2.39. The summed E-state index contributed by atoms with van der Waals surface area (Å²) in [6, 6.07) is 8.66. The van der Waals surface area contributed by atoms with Gasteiger partial charge in [0.25, 0.3) is 0 Å². The fourth-order valence-electron chi connectivity index (χ4n) is 4.12. The van der Waals surface area contributed by atoms with Gasteiger partial charge in [-0.3, -0.25) is 0 Å². The lowest BCUT2D eigenvalue weighted by Gasteiger charge is -2.22. The zero-order chi connectivity index (χ0) is 11.6. The molecule has 2 aliphatic rings. The largest absolute Gasteiger partial charge is 0.398 e. The van der Waals surface area contributed by atoms with Crippen molar-refractivity contribution < 1.29 is 0 Å². The van der Waals surface area contributed by atoms with Crippen LogP contribution in [0.1, 0.15) is 47.8 Å². The second-order valence-corrected chi connectivity index (χ2v) is 5.62. The molecule has 0 radical (unpaired) electrons. The van der Waals surface area contributed by atoms with Gasteiger partial charge in [-0.2, -0.15) is 0 Å². The molecule has 1 nitrogen and oxygen atoms in total. The minimum atomic E-state index is 0.793. The molecule has 0 saturated heterocycles. The van der Waals surface area contributed by atoms with Gasteiger partial charge in [0.15, 0.2) is 0 Å². The molecule has 86 valence electrons. The Morgan fingerprint density at radius 1 is 1.00 bits per heavy atom. The number of hydrogen-bond acceptors (Lipinski definition) is 1. The molecule has 2 aromatic carbocycles. The highest BCUT2D eigenvalue weighted by atomic mass is 14.6. The Labute approximate surface area is 102 Å². The van der Waals surface area contributed by atoms with E-state index in [0.717, 1.165) is 17.5 Å². The third-order valence-corrected chi connectivity index (χ3v) is 4.85. The molecule has 2 unspecified atom stereocenters. The predicted octanol–water partition coefficient (Wildman–Crippen LogP) is 4.10. The van der Waals surface area contributed by atoms with Crippen molar-refractivity contribution in [3.8, 4) is 0 Å². The van der Waals surface area contributed by atoms with E-state index in [-0.39, 0.29) is 0 Å². The molecule has 17 heavy (non-hydrogen) atoms. The number of rotatable bonds is 0. The summed E-state index contributed by atoms with van der Waals surface area (Å²) in [7, 11) is 0. The lowest BCUT2D eigenvalue weighted by molar-refractivity contribution is 0.718. The number of anilines is 1. The molecule has 0 aromatic heterocycles. The van der Waals surface area contributed by atoms with Crippen LogP contribution in [-0.2, 0) is 0 Å². The molecule has 0 spiro atoms. The van der Waals surface area contributed by atoms with Gasteiger partial charge in [-0.25, -0.2) is 0 Å². The van der Waals surface area contributed by atoms with Crippen molar-refractivity contribution >= 4 is 16.5 Å². The van der Waals surface area contributed by atoms with Gasteiger partial charge in [0.05, 0.1) is 0 Å². The smallest absolute Gasteiger partial charge is 0.0426 e. The fraction of sp³-hybridized carbons (Fsp3) is 0.375. The fourth-order valence-corrected chi connectivity index (χ4v) is 4.12. The zero-order valence-corrected chi connectivity index (χ0v) is 10.2. The van der Waals surface area contributed by atoms with Crippen molar-refractivity contribution in [3.63, 3.8) is 0 Å². The molecule has 2 N–H and O–H groups in total. The Bertz CT molecular complexity index is 627. The van der Waals surface area contributed by atoms with Gasteiger partial charge in [-0.15, -0.1) is 0 Å². The Kier molecular flexibility index (Phi) is 1.70. The maximum atomic E-state index is 6.32. The van der Waals surface area contributed by atoms with Crippen LogP contribution in [0.4, 0.5) is 5.69 Å². The third-order valence-electron chi connectivity index (χ3n) is 4.85. The van der Waals surface area contributed by atoms with Crippen LogP contribution in [0.15, 0.2) is 24.3 Å². The van der Waals surface area contributed by atoms with Crippen molar-refractivity contribution in [2.24, 2.45) is 0 Å². The van der Waals surface area contributed by atoms with E-state index in [2.05, 4.69) is 31.2 Å². The maximum Gasteiger partial charge on any atom is 0.0426 e. The van der Waals surface area contributed by atoms with Gasteiger partial charge in [-0.1, -0.05) is 24.3 Å². The van der Waals surface area contributed by atoms with Crippen LogP contribution in [0.3, 0.4) is 0 Å². The molecular weight excluding hydrogens is 206 g/mol. The number of benzene rings is 2. The van der Waals surface area contributed by atoms with Crippen LogP contribution in [0, 0.1) is 6.92 Å². The Morgan fingerprint density at radius 2 is 1.65 bits per heavy atom. The van der Waals surface area contributed by atoms with E-state index in [1.807, 2.05) is 0 Å². The first-order valence-electron chi connectivity index (χ1n) is 6.58. The first-order valence-corrected chi connectivity index (χ1v) is 6.58. The molecule has 0 heterocycles. The van der Waals surface area contributed by atoms with Crippen LogP contribution >= 0.6 is 0 Å². The molecule has 2 atom stereocenters. The zero-order valence-electron chi connectivity index (χ0n) is 10.2. The molecule has 2 aromatic rings. The molecular formula is C16H17N. The van der Waals surface area contributed by atoms with E-state index < -0.39 is 0 Å². The van der Waals surface area contributed by atoms with Gasteiger partial charge >= 0.3 is 0 Å². The summed E-state index contributed by atoms with van der Waals surface area (Å²) in [6.45, 7) is 2.21. The summed E-state index contributed by atoms with van der Waals surface area (Å²) < 4.78 is 0. The van der Waals surface area contributed by atoms with E-state index in [9.17, 15) is 0 Å². The normalized spacial score (nSPS) is 25.5. The summed E-state index contributed by atoms with van der Waals surface area (Å²) in [5, 5.41) is 2.68. The highest BCUT2D eigenvalue weighted by Crippen LogP contribution is 2.57. The Hall–Kier alpha value is -1.50. The Morgan fingerprint density at radius 3 is 2.41 bits per heavy atom. The summed E-state index contributed by atoms with van der Waals surface area (Å²) in [4.78, 5) is 0. The van der Waals surface area contributed by atoms with Crippen molar-refractivity contribution in [2.45, 2.75) is 38.0 Å². The molecule has 4 rings (SSSR count). The standard InChI is InChI=1S/C16H17N/c1-9-14-10-6-7-11(8-10)15(14)12-4-2-3-5-13(12)16(9)17/h2-5,10-11H,6-8,17H2,1H3. The van der Waals surface area contributed by atoms with Gasteiger partial charge in [0, 0.05) is 11.1 Å². The van der Waals surface area contributed by atoms with Gasteiger partial charge in [0.1, 0.15) is 0 Å². The SMILES string of the molecule is Cc1c2c(c3ccccc3c1N)C1CCC2C1. The molecule has 2 bridgehead atoms. The average molecular weight is 223 g/mol. The molecule has 1 fully saturated rings. The van der Waals surface area contributed by atoms with E-state index in [1.54, 1.807) is 11.1 Å². The van der Waals surface area contributed by atoms with Crippen LogP contribution in [0.5, 0.6) is 0 Å². The van der Waals surface area contributed by atoms with Crippen LogP contribution in [-0.4, -0.2) is 0 Å². The van der Waals surface area contributed by atoms with Crippen molar-refractivity contribution in [1.82, 2.24) is 0 Å². The minimum Gasteiger partial charge on any atom is -0.398 e. The topological polar surface area (TPSA) is 26.0 Å². The second kappa shape index (κ2) is 3.04. The van der Waals surface area contributed by atoms with Crippen LogP contribution < -0.4 is 5.73 Å². The van der Waals surface area contributed by atoms with E-state index in [1.165, 1.54) is 35.6 Å². The second-order valence-electron chi connectivity index (χ2n) is 5.62. The molecule has 1 saturated carbocycles. The average Bonchev–Trinajstić information content (AvgIpc) is 2.96. The Balaban J connectivity index is 2.20. The lowest BCUT2D eigenvalue weighted by atomic mass is 9.84. The first-order chi connectivity index (χ1) is 8.27. The summed E-state index contributed by atoms with van der Waals surface area (Å²) in [6.07, 6.45) is 4.12. The monoisotopic (exact) mass is 223 g/mol. The summed E-state index contributed by atoms with van der Waals surface area (Å²) in [5.74, 6) is 1.60. The van der Waals surface area contributed by atoms with Crippen LogP contribution in [0.25, 0.3) is 10.8 Å². The molecule has 0 amide bonds. The van der Waals surface area contributed by atoms with Crippen molar-refractivity contribution in [3.05, 3.63) is 41.0 Å². The van der Waals surface area contributed by atoms with E-state index >= 15 is 0 Å². The minimum absolute atomic E-state index is 0.793. The first kappa shape index (κ1) is 9.52. The summed E-state index contributed by atoms with van der Waals surface area (Å²) >= 11 is 0. The van der Waals surface area contributed by atoms with Gasteiger partial charge in [0.2, 0.25) is 0 Å². The maximum absolute atomic E-state index is 6.32. The molecule has 0 aliphatic heterocycles. The van der Waals surface area contributed by atoms with Crippen LogP contribution in [0.2, 0.25) is 0 Å². The van der Waals surface area contributed by atoms with Crippen molar-refractivity contribution in [2.75, 3.05) is 5.73 Å². The summed E-state index contributed by atoms with van der Waals surface area (Å²) in [5.41, 5.74) is 11.9. The van der Waals surface area contributed by atoms with Gasteiger partial charge < -0.3 is 5.73 Å².